The Morgan fingerprint density at radius 3 is 2.26 bits per heavy atom. The van der Waals surface area contributed by atoms with Crippen LogP contribution in [0, 0.1) is 18.3 Å². The number of hydrogen-bond acceptors (Lipinski definition) is 0. The zero-order chi connectivity index (χ0) is 16.6. The molecule has 132 valence electrons. The Labute approximate surface area is 164 Å². The van der Waals surface area contributed by atoms with Crippen LogP contribution < -0.4 is 12.4 Å². The normalized spacial score (nSPS) is 23.8. The van der Waals surface area contributed by atoms with E-state index in [2.05, 4.69) is 74.4 Å². The summed E-state index contributed by atoms with van der Waals surface area (Å²) in [5.41, 5.74) is 1.50. The summed E-state index contributed by atoms with van der Waals surface area (Å²) in [7, 11) is 0. The first-order valence-corrected chi connectivity index (χ1v) is 9.85. The van der Waals surface area contributed by atoms with Gasteiger partial charge in [-0.05, 0) is 31.6 Å². The van der Waals surface area contributed by atoms with Crippen LogP contribution in [-0.4, -0.2) is 34.1 Å². The number of nitrogens with zero attached hydrogens (tertiary/aromatic N) is 1. The van der Waals surface area contributed by atoms with Crippen LogP contribution in [0.5, 0.6) is 0 Å². The smallest absolute Gasteiger partial charge is 0.140 e. The highest BCUT2D eigenvalue weighted by Crippen LogP contribution is 2.41. The van der Waals surface area contributed by atoms with Crippen molar-refractivity contribution >= 4 is 22.6 Å². The van der Waals surface area contributed by atoms with E-state index >= 15 is 0 Å². The molecule has 23 heavy (non-hydrogen) atoms. The van der Waals surface area contributed by atoms with Gasteiger partial charge in [0.15, 0.2) is 0 Å². The van der Waals surface area contributed by atoms with Gasteiger partial charge in [0.1, 0.15) is 6.54 Å². The molecule has 0 N–H and O–H groups in total. The van der Waals surface area contributed by atoms with E-state index in [4.69, 9.17) is 6.42 Å². The number of halogens is 2. The third kappa shape index (κ3) is 6.11. The molecule has 2 atom stereocenters. The standard InChI is InChI=1S/C20H33IN.ClH/c1-6-9-15-22(14-8-3,16-10-7-2)17-20(21)18(4)12-11-13-19(20)5;/h3,11-13,18H,6-7,9-10,14-17H2,1-2,4-5H3;1H/q+1;/p-1. The van der Waals surface area contributed by atoms with Crippen LogP contribution in [0.4, 0.5) is 0 Å². The molecule has 0 aliphatic heterocycles. The number of unbranched alkanes of at least 4 members (excludes halogenated alkanes) is 2. The van der Waals surface area contributed by atoms with Crippen molar-refractivity contribution in [2.24, 2.45) is 5.92 Å². The molecule has 0 fully saturated rings. The summed E-state index contributed by atoms with van der Waals surface area (Å²) in [5.74, 6) is 3.56. The van der Waals surface area contributed by atoms with Gasteiger partial charge in [-0.1, -0.05) is 80.0 Å². The van der Waals surface area contributed by atoms with Gasteiger partial charge in [-0.3, -0.25) is 0 Å². The highest BCUT2D eigenvalue weighted by Gasteiger charge is 2.43. The van der Waals surface area contributed by atoms with E-state index in [0.29, 0.717) is 5.92 Å². The summed E-state index contributed by atoms with van der Waals surface area (Å²) >= 11 is 2.71. The molecule has 0 amide bonds. The van der Waals surface area contributed by atoms with Crippen LogP contribution in [0.25, 0.3) is 0 Å². The molecule has 0 saturated heterocycles. The van der Waals surface area contributed by atoms with Gasteiger partial charge in [-0.25, -0.2) is 0 Å². The third-order valence-corrected chi connectivity index (χ3v) is 7.26. The van der Waals surface area contributed by atoms with Crippen LogP contribution >= 0.6 is 22.6 Å². The number of alkyl halides is 1. The van der Waals surface area contributed by atoms with Crippen LogP contribution in [-0.2, 0) is 0 Å². The SMILES string of the molecule is C#CC[N+](CCCC)(CCCC)CC1(I)C(C)=CC=CC1C.[Cl-]. The van der Waals surface area contributed by atoms with Crippen molar-refractivity contribution in [3.05, 3.63) is 23.8 Å². The largest absolute Gasteiger partial charge is 1.00 e. The molecule has 0 radical (unpaired) electrons. The summed E-state index contributed by atoms with van der Waals surface area (Å²) in [6, 6.07) is 0. The van der Waals surface area contributed by atoms with Crippen LogP contribution in [0.2, 0.25) is 0 Å². The summed E-state index contributed by atoms with van der Waals surface area (Å²) in [6.45, 7) is 13.7. The molecule has 0 spiro atoms. The molecular formula is C20H33ClIN. The lowest BCUT2D eigenvalue weighted by Gasteiger charge is -2.46. The van der Waals surface area contributed by atoms with Gasteiger partial charge < -0.3 is 16.9 Å². The first-order chi connectivity index (χ1) is 10.4. The molecule has 0 aromatic heterocycles. The minimum absolute atomic E-state index is 0. The van der Waals surface area contributed by atoms with Crippen molar-refractivity contribution in [2.45, 2.75) is 56.8 Å². The minimum atomic E-state index is 0. The Hall–Kier alpha value is 0.0200. The number of hydrogen-bond donors (Lipinski definition) is 0. The fourth-order valence-electron chi connectivity index (χ4n) is 3.44. The molecule has 0 aromatic carbocycles. The van der Waals surface area contributed by atoms with Gasteiger partial charge in [0.25, 0.3) is 0 Å². The van der Waals surface area contributed by atoms with Gasteiger partial charge >= 0.3 is 0 Å². The van der Waals surface area contributed by atoms with E-state index in [1.165, 1.54) is 44.3 Å². The Morgan fingerprint density at radius 1 is 1.26 bits per heavy atom. The van der Waals surface area contributed by atoms with E-state index in [1.807, 2.05) is 0 Å². The summed E-state index contributed by atoms with van der Waals surface area (Å²) in [4.78, 5) is 0. The number of allylic oxidation sites excluding steroid dienone is 3. The van der Waals surface area contributed by atoms with E-state index in [-0.39, 0.29) is 15.8 Å². The van der Waals surface area contributed by atoms with Crippen molar-refractivity contribution in [1.29, 1.82) is 0 Å². The molecule has 1 rings (SSSR count). The van der Waals surface area contributed by atoms with E-state index < -0.39 is 0 Å². The molecule has 1 aliphatic carbocycles. The second-order valence-corrected chi connectivity index (χ2v) is 8.83. The molecule has 1 aliphatic rings. The number of terminal acetylenes is 1. The Kier molecular flexibility index (Phi) is 10.8. The van der Waals surface area contributed by atoms with Crippen molar-refractivity contribution in [3.8, 4) is 12.3 Å². The Balaban J connectivity index is 0.00000484. The average molecular weight is 450 g/mol. The van der Waals surface area contributed by atoms with Gasteiger partial charge in [0, 0.05) is 0 Å². The third-order valence-electron chi connectivity index (χ3n) is 5.09. The van der Waals surface area contributed by atoms with Crippen LogP contribution in [0.3, 0.4) is 0 Å². The molecule has 3 heteroatoms. The van der Waals surface area contributed by atoms with Gasteiger partial charge in [-0.2, -0.15) is 0 Å². The van der Waals surface area contributed by atoms with Crippen molar-refractivity contribution in [2.75, 3.05) is 26.2 Å². The summed E-state index contributed by atoms with van der Waals surface area (Å²) in [5, 5.41) is 0. The second kappa shape index (κ2) is 10.8. The first-order valence-electron chi connectivity index (χ1n) is 8.77. The van der Waals surface area contributed by atoms with Gasteiger partial charge in [-0.15, -0.1) is 6.42 Å². The number of rotatable bonds is 9. The van der Waals surface area contributed by atoms with Crippen LogP contribution in [0.15, 0.2) is 23.8 Å². The quantitative estimate of drug-likeness (QED) is 0.219. The van der Waals surface area contributed by atoms with Gasteiger partial charge in [0.05, 0.1) is 23.1 Å². The van der Waals surface area contributed by atoms with Crippen molar-refractivity contribution in [1.82, 2.24) is 0 Å². The van der Waals surface area contributed by atoms with E-state index in [1.54, 1.807) is 0 Å². The monoisotopic (exact) mass is 449 g/mol. The lowest BCUT2D eigenvalue weighted by atomic mass is 9.82. The maximum absolute atomic E-state index is 5.78. The fourth-order valence-corrected chi connectivity index (χ4v) is 4.55. The lowest BCUT2D eigenvalue weighted by molar-refractivity contribution is -0.923. The minimum Gasteiger partial charge on any atom is -1.00 e. The molecule has 0 saturated carbocycles. The average Bonchev–Trinajstić information content (AvgIpc) is 2.49. The van der Waals surface area contributed by atoms with Crippen LogP contribution in [0.1, 0.15) is 53.4 Å². The zero-order valence-electron chi connectivity index (χ0n) is 15.2. The number of quaternary nitrogens is 1. The Bertz CT molecular complexity index is 441. The Morgan fingerprint density at radius 2 is 1.83 bits per heavy atom. The second-order valence-electron chi connectivity index (χ2n) is 6.90. The highest BCUT2D eigenvalue weighted by molar-refractivity contribution is 14.1. The van der Waals surface area contributed by atoms with E-state index in [9.17, 15) is 0 Å². The highest BCUT2D eigenvalue weighted by atomic mass is 127. The maximum atomic E-state index is 5.78. The zero-order valence-corrected chi connectivity index (χ0v) is 18.2. The summed E-state index contributed by atoms with van der Waals surface area (Å²) in [6.07, 6.45) is 17.7. The fraction of sp³-hybridized carbons (Fsp3) is 0.700. The predicted octanol–water partition coefficient (Wildman–Crippen LogP) is 2.37. The van der Waals surface area contributed by atoms with Gasteiger partial charge in [0.2, 0.25) is 0 Å². The van der Waals surface area contributed by atoms with E-state index in [0.717, 1.165) is 17.6 Å². The molecule has 0 bridgehead atoms. The van der Waals surface area contributed by atoms with Crippen molar-refractivity contribution in [3.63, 3.8) is 0 Å². The molecule has 2 unspecified atom stereocenters. The molecule has 0 heterocycles. The topological polar surface area (TPSA) is 0 Å². The first kappa shape index (κ1) is 23.0. The lowest BCUT2D eigenvalue weighted by Crippen LogP contribution is -3.00. The maximum Gasteiger partial charge on any atom is 0.140 e. The molecular weight excluding hydrogens is 417 g/mol. The summed E-state index contributed by atoms with van der Waals surface area (Å²) < 4.78 is 1.29. The molecule has 0 aromatic rings. The molecule has 1 nitrogen and oxygen atoms in total. The predicted molar refractivity (Wildman–Crippen MR) is 107 cm³/mol. The van der Waals surface area contributed by atoms with Crippen molar-refractivity contribution < 1.29 is 16.9 Å².